The van der Waals surface area contributed by atoms with E-state index in [0.717, 1.165) is 35.0 Å². The predicted octanol–water partition coefficient (Wildman–Crippen LogP) is 2.93. The van der Waals surface area contributed by atoms with Gasteiger partial charge in [-0.15, -0.1) is 0 Å². The summed E-state index contributed by atoms with van der Waals surface area (Å²) in [5.41, 5.74) is 10.0. The van der Waals surface area contributed by atoms with Crippen LogP contribution in [0.2, 0.25) is 0 Å². The van der Waals surface area contributed by atoms with Crippen molar-refractivity contribution in [1.29, 1.82) is 0 Å². The molecule has 0 radical (unpaired) electrons. The van der Waals surface area contributed by atoms with E-state index in [1.165, 1.54) is 11.6 Å². The lowest BCUT2D eigenvalue weighted by atomic mass is 9.86. The smallest absolute Gasteiger partial charge is 0.243 e. The summed E-state index contributed by atoms with van der Waals surface area (Å²) in [7, 11) is 0. The van der Waals surface area contributed by atoms with Crippen LogP contribution in [-0.2, 0) is 11.3 Å². The third-order valence-corrected chi connectivity index (χ3v) is 5.73. The number of aromatic nitrogens is 5. The first-order valence-corrected chi connectivity index (χ1v) is 10.2. The molecule has 4 aromatic rings. The van der Waals surface area contributed by atoms with Gasteiger partial charge in [0.2, 0.25) is 5.91 Å². The molecule has 0 atom stereocenters. The Hall–Kier alpha value is -3.94. The zero-order valence-electron chi connectivity index (χ0n) is 17.0. The molecule has 1 amide bonds. The largest absolute Gasteiger partial charge is 0.383 e. The fourth-order valence-corrected chi connectivity index (χ4v) is 4.10. The van der Waals surface area contributed by atoms with Crippen LogP contribution in [0.4, 0.5) is 5.82 Å². The standard InChI is InChI=1S/C23H23N7O/c1-2-20(31)27-17-10-18(11-17)30-19-8-9-25-23(24)21(19)22(28-30)16-12-26-29(14-16)13-15-6-4-3-5-7-15/h2-9,12,14,17-18H,1,10-11,13H2,(H2,24,25)(H,27,31)/t17-,18+. The van der Waals surface area contributed by atoms with Crippen LogP contribution in [0, 0.1) is 0 Å². The molecule has 0 aliphatic heterocycles. The van der Waals surface area contributed by atoms with E-state index in [1.54, 1.807) is 6.20 Å². The SMILES string of the molecule is C=CC(=O)N[C@H]1C[C@@H](n2nc(-c3cnn(Cc4ccccc4)c3)c3c(N)nccc32)C1. The number of nitrogens with zero attached hydrogens (tertiary/aromatic N) is 5. The summed E-state index contributed by atoms with van der Waals surface area (Å²) in [6, 6.07) is 12.4. The van der Waals surface area contributed by atoms with Gasteiger partial charge in [-0.1, -0.05) is 36.9 Å². The van der Waals surface area contributed by atoms with Crippen LogP contribution in [0.5, 0.6) is 0 Å². The third kappa shape index (κ3) is 3.56. The van der Waals surface area contributed by atoms with E-state index >= 15 is 0 Å². The van der Waals surface area contributed by atoms with Gasteiger partial charge in [-0.05, 0) is 30.5 Å². The van der Waals surface area contributed by atoms with Crippen LogP contribution < -0.4 is 11.1 Å². The van der Waals surface area contributed by atoms with Gasteiger partial charge in [0, 0.05) is 24.0 Å². The zero-order chi connectivity index (χ0) is 21.4. The number of benzene rings is 1. The van der Waals surface area contributed by atoms with Gasteiger partial charge in [0.15, 0.2) is 0 Å². The molecule has 1 aliphatic carbocycles. The molecule has 156 valence electrons. The number of carbonyl (C=O) groups is 1. The fourth-order valence-electron chi connectivity index (χ4n) is 4.10. The molecule has 31 heavy (non-hydrogen) atoms. The number of nitrogens with two attached hydrogens (primary N) is 1. The van der Waals surface area contributed by atoms with Gasteiger partial charge in [-0.3, -0.25) is 14.2 Å². The molecule has 0 bridgehead atoms. The number of nitrogens with one attached hydrogen (secondary N) is 1. The first kappa shape index (κ1) is 19.0. The molecule has 0 saturated heterocycles. The summed E-state index contributed by atoms with van der Waals surface area (Å²) in [6.07, 6.45) is 8.42. The van der Waals surface area contributed by atoms with Crippen LogP contribution in [0.25, 0.3) is 22.2 Å². The minimum Gasteiger partial charge on any atom is -0.383 e. The fraction of sp³-hybridized carbons (Fsp3) is 0.217. The molecular weight excluding hydrogens is 390 g/mol. The van der Waals surface area contributed by atoms with Crippen molar-refractivity contribution in [2.45, 2.75) is 31.5 Å². The van der Waals surface area contributed by atoms with E-state index in [9.17, 15) is 4.79 Å². The lowest BCUT2D eigenvalue weighted by Crippen LogP contribution is -2.44. The van der Waals surface area contributed by atoms with E-state index < -0.39 is 0 Å². The molecule has 0 spiro atoms. The molecule has 3 heterocycles. The summed E-state index contributed by atoms with van der Waals surface area (Å²) in [5, 5.41) is 13.2. The number of nitrogen functional groups attached to an aromatic ring is 1. The van der Waals surface area contributed by atoms with Gasteiger partial charge in [0.25, 0.3) is 0 Å². The molecule has 8 heteroatoms. The quantitative estimate of drug-likeness (QED) is 0.473. The monoisotopic (exact) mass is 413 g/mol. The Kier molecular flexibility index (Phi) is 4.74. The number of fused-ring (bicyclic) bond motifs is 1. The Morgan fingerprint density at radius 2 is 2.06 bits per heavy atom. The highest BCUT2D eigenvalue weighted by Crippen LogP contribution is 2.38. The summed E-state index contributed by atoms with van der Waals surface area (Å²) in [6.45, 7) is 4.19. The molecule has 1 saturated carbocycles. The number of anilines is 1. The summed E-state index contributed by atoms with van der Waals surface area (Å²) < 4.78 is 3.90. The van der Waals surface area contributed by atoms with Crippen molar-refractivity contribution >= 4 is 22.6 Å². The lowest BCUT2D eigenvalue weighted by molar-refractivity contribution is -0.117. The second-order valence-corrected chi connectivity index (χ2v) is 7.83. The molecular formula is C23H23N7O. The van der Waals surface area contributed by atoms with Crippen molar-refractivity contribution in [3.8, 4) is 11.3 Å². The Morgan fingerprint density at radius 3 is 2.84 bits per heavy atom. The maximum absolute atomic E-state index is 11.6. The van der Waals surface area contributed by atoms with Crippen molar-refractivity contribution in [2.24, 2.45) is 0 Å². The van der Waals surface area contributed by atoms with E-state index in [1.807, 2.05) is 46.0 Å². The van der Waals surface area contributed by atoms with Gasteiger partial charge in [0.1, 0.15) is 11.5 Å². The predicted molar refractivity (Wildman–Crippen MR) is 119 cm³/mol. The average molecular weight is 413 g/mol. The molecule has 1 aliphatic rings. The molecule has 5 rings (SSSR count). The minimum absolute atomic E-state index is 0.131. The zero-order valence-corrected chi connectivity index (χ0v) is 17.0. The van der Waals surface area contributed by atoms with Crippen LogP contribution in [0.15, 0.2) is 67.6 Å². The Morgan fingerprint density at radius 1 is 1.26 bits per heavy atom. The van der Waals surface area contributed by atoms with Crippen LogP contribution >= 0.6 is 0 Å². The second-order valence-electron chi connectivity index (χ2n) is 7.83. The van der Waals surface area contributed by atoms with Gasteiger partial charge >= 0.3 is 0 Å². The molecule has 0 unspecified atom stereocenters. The van der Waals surface area contributed by atoms with Crippen molar-refractivity contribution in [3.05, 3.63) is 73.2 Å². The van der Waals surface area contributed by atoms with Gasteiger partial charge in [-0.25, -0.2) is 4.98 Å². The van der Waals surface area contributed by atoms with Crippen LogP contribution in [0.3, 0.4) is 0 Å². The average Bonchev–Trinajstić information content (AvgIpc) is 3.36. The maximum Gasteiger partial charge on any atom is 0.243 e. The molecule has 3 N–H and O–H groups in total. The van der Waals surface area contributed by atoms with Crippen molar-refractivity contribution in [3.63, 3.8) is 0 Å². The summed E-state index contributed by atoms with van der Waals surface area (Å²) in [5.74, 6) is 0.305. The number of rotatable bonds is 6. The Bertz CT molecular complexity index is 1250. The maximum atomic E-state index is 11.6. The summed E-state index contributed by atoms with van der Waals surface area (Å²) >= 11 is 0. The topological polar surface area (TPSA) is 104 Å². The van der Waals surface area contributed by atoms with Crippen molar-refractivity contribution < 1.29 is 4.79 Å². The number of carbonyl (C=O) groups excluding carboxylic acids is 1. The van der Waals surface area contributed by atoms with Crippen molar-refractivity contribution in [1.82, 2.24) is 29.9 Å². The highest BCUT2D eigenvalue weighted by molar-refractivity contribution is 6.00. The van der Waals surface area contributed by atoms with Crippen LogP contribution in [0.1, 0.15) is 24.4 Å². The minimum atomic E-state index is -0.145. The third-order valence-electron chi connectivity index (χ3n) is 5.73. The molecule has 8 nitrogen and oxygen atoms in total. The number of hydrogen-bond donors (Lipinski definition) is 2. The Labute approximate surface area is 179 Å². The highest BCUT2D eigenvalue weighted by atomic mass is 16.1. The first-order valence-electron chi connectivity index (χ1n) is 10.2. The van der Waals surface area contributed by atoms with Crippen molar-refractivity contribution in [2.75, 3.05) is 5.73 Å². The van der Waals surface area contributed by atoms with Crippen LogP contribution in [-0.4, -0.2) is 36.5 Å². The molecule has 3 aromatic heterocycles. The Balaban J connectivity index is 1.45. The van der Waals surface area contributed by atoms with E-state index in [0.29, 0.717) is 12.4 Å². The van der Waals surface area contributed by atoms with Gasteiger partial charge in [-0.2, -0.15) is 10.2 Å². The van der Waals surface area contributed by atoms with Gasteiger partial charge in [0.05, 0.1) is 29.7 Å². The first-order chi connectivity index (χ1) is 15.1. The number of pyridine rings is 1. The number of amides is 1. The van der Waals surface area contributed by atoms with E-state index in [4.69, 9.17) is 10.8 Å². The normalized spacial score (nSPS) is 17.9. The summed E-state index contributed by atoms with van der Waals surface area (Å²) in [4.78, 5) is 15.8. The molecule has 1 aromatic carbocycles. The molecule has 1 fully saturated rings. The van der Waals surface area contributed by atoms with E-state index in [-0.39, 0.29) is 18.0 Å². The van der Waals surface area contributed by atoms with E-state index in [2.05, 4.69) is 34.1 Å². The second kappa shape index (κ2) is 7.71. The number of hydrogen-bond acceptors (Lipinski definition) is 5. The van der Waals surface area contributed by atoms with Gasteiger partial charge < -0.3 is 11.1 Å². The highest BCUT2D eigenvalue weighted by Gasteiger charge is 2.33. The lowest BCUT2D eigenvalue weighted by Gasteiger charge is -2.36.